The minimum atomic E-state index is 0.227. The second kappa shape index (κ2) is 6.49. The van der Waals surface area contributed by atoms with E-state index in [2.05, 4.69) is 39.7 Å². The highest BCUT2D eigenvalue weighted by Gasteiger charge is 2.12. The lowest BCUT2D eigenvalue weighted by molar-refractivity contribution is 0.432. The summed E-state index contributed by atoms with van der Waals surface area (Å²) in [5.41, 5.74) is 7.96. The third-order valence-corrected chi connectivity index (χ3v) is 3.58. The smallest absolute Gasteiger partial charge is 0.322 e. The lowest BCUT2D eigenvalue weighted by atomic mass is 10.0. The van der Waals surface area contributed by atoms with Crippen molar-refractivity contribution in [2.75, 3.05) is 0 Å². The number of aryl methyl sites for hydroxylation is 1. The van der Waals surface area contributed by atoms with Gasteiger partial charge in [0, 0.05) is 10.2 Å². The first-order valence-electron chi connectivity index (χ1n) is 6.49. The molecular formula is C15H16BrN3OS. The van der Waals surface area contributed by atoms with Gasteiger partial charge in [-0.05, 0) is 42.7 Å². The van der Waals surface area contributed by atoms with Crippen LogP contribution in [0.3, 0.4) is 0 Å². The predicted molar refractivity (Wildman–Crippen MR) is 91.0 cm³/mol. The fourth-order valence-corrected chi connectivity index (χ4v) is 2.36. The Hall–Kier alpha value is -1.53. The number of hydrogen-bond acceptors (Lipinski definition) is 4. The van der Waals surface area contributed by atoms with Crippen LogP contribution in [-0.4, -0.2) is 15.0 Å². The van der Waals surface area contributed by atoms with Gasteiger partial charge >= 0.3 is 6.01 Å². The lowest BCUT2D eigenvalue weighted by Gasteiger charge is -2.13. The number of aromatic nitrogens is 2. The van der Waals surface area contributed by atoms with Crippen molar-refractivity contribution in [3.05, 3.63) is 45.7 Å². The summed E-state index contributed by atoms with van der Waals surface area (Å²) in [6.45, 7) is 6.06. The van der Waals surface area contributed by atoms with Crippen LogP contribution in [0.2, 0.25) is 0 Å². The van der Waals surface area contributed by atoms with Gasteiger partial charge in [-0.15, -0.1) is 0 Å². The van der Waals surface area contributed by atoms with Crippen molar-refractivity contribution in [1.82, 2.24) is 9.97 Å². The van der Waals surface area contributed by atoms with Crippen molar-refractivity contribution < 1.29 is 4.74 Å². The molecule has 0 fully saturated rings. The molecule has 2 N–H and O–H groups in total. The van der Waals surface area contributed by atoms with Crippen molar-refractivity contribution in [2.45, 2.75) is 26.7 Å². The van der Waals surface area contributed by atoms with E-state index in [1.807, 2.05) is 25.1 Å². The molecule has 0 spiro atoms. The first-order valence-corrected chi connectivity index (χ1v) is 7.69. The van der Waals surface area contributed by atoms with Crippen LogP contribution >= 0.6 is 28.1 Å². The summed E-state index contributed by atoms with van der Waals surface area (Å²) in [5.74, 6) is 1.05. The summed E-state index contributed by atoms with van der Waals surface area (Å²) in [6.07, 6.45) is 0. The lowest BCUT2D eigenvalue weighted by Crippen LogP contribution is -2.13. The predicted octanol–water partition coefficient (Wildman–Crippen LogP) is 4.10. The standard InChI is InChI=1S/C15H16BrN3OS/c1-8(2)11-7-10(16)4-5-13(11)20-15-18-9(3)6-12(19-15)14(17)21/h4-8H,1-3H3,(H2,17,21). The summed E-state index contributed by atoms with van der Waals surface area (Å²) in [4.78, 5) is 8.74. The molecule has 0 radical (unpaired) electrons. The van der Waals surface area contributed by atoms with Crippen LogP contribution in [-0.2, 0) is 0 Å². The van der Waals surface area contributed by atoms with Crippen LogP contribution in [0.1, 0.15) is 36.7 Å². The highest BCUT2D eigenvalue weighted by molar-refractivity contribution is 9.10. The Morgan fingerprint density at radius 3 is 2.62 bits per heavy atom. The molecule has 1 aromatic carbocycles. The van der Waals surface area contributed by atoms with Crippen molar-refractivity contribution in [3.63, 3.8) is 0 Å². The number of benzene rings is 1. The molecule has 6 heteroatoms. The number of halogens is 1. The number of rotatable bonds is 4. The van der Waals surface area contributed by atoms with Gasteiger partial charge in [0.1, 0.15) is 16.4 Å². The Morgan fingerprint density at radius 2 is 2.00 bits per heavy atom. The summed E-state index contributed by atoms with van der Waals surface area (Å²) in [5, 5.41) is 0. The normalized spacial score (nSPS) is 10.7. The molecule has 0 saturated heterocycles. The third-order valence-electron chi connectivity index (χ3n) is 2.88. The second-order valence-corrected chi connectivity index (χ2v) is 6.34. The van der Waals surface area contributed by atoms with E-state index in [0.717, 1.165) is 21.5 Å². The molecule has 1 heterocycles. The fraction of sp³-hybridized carbons (Fsp3) is 0.267. The van der Waals surface area contributed by atoms with E-state index >= 15 is 0 Å². The molecule has 1 aromatic heterocycles. The first-order chi connectivity index (χ1) is 9.86. The zero-order chi connectivity index (χ0) is 15.6. The van der Waals surface area contributed by atoms with E-state index < -0.39 is 0 Å². The van der Waals surface area contributed by atoms with E-state index in [4.69, 9.17) is 22.7 Å². The topological polar surface area (TPSA) is 61.0 Å². The molecular weight excluding hydrogens is 350 g/mol. The largest absolute Gasteiger partial charge is 0.424 e. The van der Waals surface area contributed by atoms with Gasteiger partial charge in [-0.25, -0.2) is 4.98 Å². The Kier molecular flexibility index (Phi) is 4.90. The quantitative estimate of drug-likeness (QED) is 0.826. The molecule has 110 valence electrons. The molecule has 0 unspecified atom stereocenters. The van der Waals surface area contributed by atoms with E-state index in [-0.39, 0.29) is 11.0 Å². The van der Waals surface area contributed by atoms with Gasteiger partial charge in [-0.2, -0.15) is 4.98 Å². The highest BCUT2D eigenvalue weighted by Crippen LogP contribution is 2.31. The molecule has 0 aliphatic rings. The number of hydrogen-bond donors (Lipinski definition) is 1. The SMILES string of the molecule is Cc1cc(C(N)=S)nc(Oc2ccc(Br)cc2C(C)C)n1. The van der Waals surface area contributed by atoms with Gasteiger partial charge < -0.3 is 10.5 Å². The van der Waals surface area contributed by atoms with Crippen molar-refractivity contribution in [1.29, 1.82) is 0 Å². The number of nitrogens with zero attached hydrogens (tertiary/aromatic N) is 2. The van der Waals surface area contributed by atoms with E-state index in [1.165, 1.54) is 0 Å². The zero-order valence-corrected chi connectivity index (χ0v) is 14.5. The summed E-state index contributed by atoms with van der Waals surface area (Å²) in [7, 11) is 0. The Balaban J connectivity index is 2.40. The Morgan fingerprint density at radius 1 is 1.29 bits per heavy atom. The van der Waals surface area contributed by atoms with Crippen molar-refractivity contribution >= 4 is 33.1 Å². The Bertz CT molecular complexity index is 689. The summed E-state index contributed by atoms with van der Waals surface area (Å²) in [6, 6.07) is 7.84. The summed E-state index contributed by atoms with van der Waals surface area (Å²) < 4.78 is 6.85. The maximum atomic E-state index is 5.84. The average molecular weight is 366 g/mol. The molecule has 0 aliphatic carbocycles. The zero-order valence-electron chi connectivity index (χ0n) is 12.1. The average Bonchev–Trinajstić information content (AvgIpc) is 2.40. The van der Waals surface area contributed by atoms with Crippen LogP contribution < -0.4 is 10.5 Å². The van der Waals surface area contributed by atoms with Gasteiger partial charge in [0.25, 0.3) is 0 Å². The maximum absolute atomic E-state index is 5.84. The minimum Gasteiger partial charge on any atom is -0.424 e. The van der Waals surface area contributed by atoms with Crippen molar-refractivity contribution in [2.24, 2.45) is 5.73 Å². The van der Waals surface area contributed by atoms with Crippen LogP contribution in [0.25, 0.3) is 0 Å². The van der Waals surface area contributed by atoms with E-state index in [1.54, 1.807) is 6.07 Å². The highest BCUT2D eigenvalue weighted by atomic mass is 79.9. The maximum Gasteiger partial charge on any atom is 0.322 e. The minimum absolute atomic E-state index is 0.227. The number of ether oxygens (including phenoxy) is 1. The number of nitrogens with two attached hydrogens (primary N) is 1. The molecule has 0 bridgehead atoms. The molecule has 0 amide bonds. The molecule has 4 nitrogen and oxygen atoms in total. The van der Waals surface area contributed by atoms with Gasteiger partial charge in [-0.3, -0.25) is 0 Å². The molecule has 0 saturated carbocycles. The monoisotopic (exact) mass is 365 g/mol. The van der Waals surface area contributed by atoms with Crippen LogP contribution in [0, 0.1) is 6.92 Å². The Labute approximate surface area is 137 Å². The first kappa shape index (κ1) is 15.9. The molecule has 0 atom stereocenters. The van der Waals surface area contributed by atoms with E-state index in [9.17, 15) is 0 Å². The molecule has 2 aromatic rings. The van der Waals surface area contributed by atoms with Gasteiger partial charge in [0.15, 0.2) is 0 Å². The fourth-order valence-electron chi connectivity index (χ4n) is 1.87. The summed E-state index contributed by atoms with van der Waals surface area (Å²) >= 11 is 8.43. The number of thiocarbonyl (C=S) groups is 1. The van der Waals surface area contributed by atoms with Crippen LogP contribution in [0.5, 0.6) is 11.8 Å². The molecule has 21 heavy (non-hydrogen) atoms. The second-order valence-electron chi connectivity index (χ2n) is 4.98. The third kappa shape index (κ3) is 3.98. The van der Waals surface area contributed by atoms with Gasteiger partial charge in [0.2, 0.25) is 0 Å². The van der Waals surface area contributed by atoms with Gasteiger partial charge in [-0.1, -0.05) is 42.0 Å². The van der Waals surface area contributed by atoms with Crippen molar-refractivity contribution in [3.8, 4) is 11.8 Å². The van der Waals surface area contributed by atoms with E-state index in [0.29, 0.717) is 11.6 Å². The molecule has 0 aliphatic heterocycles. The molecule has 2 rings (SSSR count). The van der Waals surface area contributed by atoms with Gasteiger partial charge in [0.05, 0.1) is 0 Å². The van der Waals surface area contributed by atoms with Crippen LogP contribution in [0.15, 0.2) is 28.7 Å². The van der Waals surface area contributed by atoms with Crippen LogP contribution in [0.4, 0.5) is 0 Å².